The molecule has 0 unspecified atom stereocenters. The standard InChI is InChI=1S/C23H27ClN4O2S.ClH/c1-26(2)18-9-7-17(8-10-18)22(29)28(12-4-11-27-13-15-30-16-14-27)23-25-21-19(24)5-3-6-20(21)31-23;/h3,5-10H,4,11-16H2,1-2H3;1H. The van der Waals surface area contributed by atoms with E-state index in [-0.39, 0.29) is 18.3 Å². The Morgan fingerprint density at radius 3 is 2.53 bits per heavy atom. The summed E-state index contributed by atoms with van der Waals surface area (Å²) in [7, 11) is 3.97. The van der Waals surface area contributed by atoms with Crippen LogP contribution in [-0.4, -0.2) is 69.3 Å². The van der Waals surface area contributed by atoms with Crippen molar-refractivity contribution in [2.75, 3.05) is 63.3 Å². The minimum Gasteiger partial charge on any atom is -0.379 e. The molecule has 0 atom stereocenters. The summed E-state index contributed by atoms with van der Waals surface area (Å²) in [5.74, 6) is -0.0394. The Bertz CT molecular complexity index is 1040. The number of carbonyl (C=O) groups excluding carboxylic acids is 1. The predicted octanol–water partition coefficient (Wildman–Crippen LogP) is 4.81. The first-order valence-electron chi connectivity index (χ1n) is 10.5. The average molecular weight is 495 g/mol. The number of fused-ring (bicyclic) bond motifs is 1. The number of halogens is 2. The van der Waals surface area contributed by atoms with E-state index in [1.165, 1.54) is 11.3 Å². The number of carbonyl (C=O) groups is 1. The van der Waals surface area contributed by atoms with Gasteiger partial charge in [-0.15, -0.1) is 12.4 Å². The molecule has 2 aromatic carbocycles. The molecule has 0 saturated carbocycles. The molecule has 0 radical (unpaired) electrons. The maximum Gasteiger partial charge on any atom is 0.260 e. The molecule has 1 aliphatic rings. The van der Waals surface area contributed by atoms with Gasteiger partial charge in [0.15, 0.2) is 5.13 Å². The number of amides is 1. The first-order chi connectivity index (χ1) is 15.0. The van der Waals surface area contributed by atoms with Crippen LogP contribution in [0.3, 0.4) is 0 Å². The summed E-state index contributed by atoms with van der Waals surface area (Å²) < 4.78 is 6.42. The molecule has 1 aromatic heterocycles. The van der Waals surface area contributed by atoms with Gasteiger partial charge in [0.05, 0.1) is 22.9 Å². The van der Waals surface area contributed by atoms with Gasteiger partial charge in [-0.05, 0) is 42.8 Å². The van der Waals surface area contributed by atoms with Crippen molar-refractivity contribution in [3.8, 4) is 0 Å². The summed E-state index contributed by atoms with van der Waals surface area (Å²) in [6.07, 6.45) is 0.866. The fourth-order valence-corrected chi connectivity index (χ4v) is 4.93. The Morgan fingerprint density at radius 2 is 1.88 bits per heavy atom. The third kappa shape index (κ3) is 5.71. The zero-order chi connectivity index (χ0) is 21.8. The smallest absolute Gasteiger partial charge is 0.260 e. The van der Waals surface area contributed by atoms with E-state index < -0.39 is 0 Å². The highest BCUT2D eigenvalue weighted by atomic mass is 35.5. The van der Waals surface area contributed by atoms with Crippen molar-refractivity contribution in [2.45, 2.75) is 6.42 Å². The lowest BCUT2D eigenvalue weighted by Crippen LogP contribution is -2.39. The molecular weight excluding hydrogens is 467 g/mol. The van der Waals surface area contributed by atoms with E-state index in [0.717, 1.165) is 55.2 Å². The number of rotatable bonds is 7. The number of benzene rings is 2. The molecule has 4 rings (SSSR count). The topological polar surface area (TPSA) is 48.9 Å². The van der Waals surface area contributed by atoms with Gasteiger partial charge in [0.1, 0.15) is 5.52 Å². The van der Waals surface area contributed by atoms with Crippen molar-refractivity contribution in [3.05, 3.63) is 53.1 Å². The summed E-state index contributed by atoms with van der Waals surface area (Å²) in [5, 5.41) is 1.29. The summed E-state index contributed by atoms with van der Waals surface area (Å²) >= 11 is 7.85. The maximum atomic E-state index is 13.5. The second kappa shape index (κ2) is 11.3. The Hall–Kier alpha value is -1.90. The summed E-state index contributed by atoms with van der Waals surface area (Å²) in [6, 6.07) is 13.4. The number of para-hydroxylation sites is 1. The Balaban J connectivity index is 0.00000289. The summed E-state index contributed by atoms with van der Waals surface area (Å²) in [6.45, 7) is 4.96. The number of nitrogens with zero attached hydrogens (tertiary/aromatic N) is 4. The second-order valence-corrected chi connectivity index (χ2v) is 9.20. The molecule has 1 fully saturated rings. The minimum atomic E-state index is -0.0394. The van der Waals surface area contributed by atoms with Crippen molar-refractivity contribution in [3.63, 3.8) is 0 Å². The molecule has 6 nitrogen and oxygen atoms in total. The fourth-order valence-electron chi connectivity index (χ4n) is 3.64. The van der Waals surface area contributed by atoms with Crippen molar-refractivity contribution >= 4 is 62.3 Å². The Labute approximate surface area is 204 Å². The van der Waals surface area contributed by atoms with E-state index in [2.05, 4.69) is 4.90 Å². The molecule has 0 N–H and O–H groups in total. The SMILES string of the molecule is CN(C)c1ccc(C(=O)N(CCCN2CCOCC2)c2nc3c(Cl)cccc3s2)cc1.Cl. The molecule has 172 valence electrons. The molecule has 0 aliphatic carbocycles. The molecular formula is C23H28Cl2N4O2S. The van der Waals surface area contributed by atoms with Crippen molar-refractivity contribution in [1.29, 1.82) is 0 Å². The summed E-state index contributed by atoms with van der Waals surface area (Å²) in [4.78, 5) is 24.4. The van der Waals surface area contributed by atoms with Crippen LogP contribution in [-0.2, 0) is 4.74 Å². The average Bonchev–Trinajstić information content (AvgIpc) is 3.22. The molecule has 0 spiro atoms. The third-order valence-corrected chi connectivity index (χ3v) is 6.77. The lowest BCUT2D eigenvalue weighted by Gasteiger charge is -2.27. The molecule has 32 heavy (non-hydrogen) atoms. The van der Waals surface area contributed by atoms with Crippen LogP contribution in [0.4, 0.5) is 10.8 Å². The minimum absolute atomic E-state index is 0. The number of ether oxygens (including phenoxy) is 1. The van der Waals surface area contributed by atoms with Gasteiger partial charge in [-0.25, -0.2) is 4.98 Å². The largest absolute Gasteiger partial charge is 0.379 e. The van der Waals surface area contributed by atoms with Gasteiger partial charge < -0.3 is 9.64 Å². The highest BCUT2D eigenvalue weighted by Crippen LogP contribution is 2.33. The molecule has 1 aliphatic heterocycles. The lowest BCUT2D eigenvalue weighted by molar-refractivity contribution is 0.0376. The van der Waals surface area contributed by atoms with E-state index in [9.17, 15) is 4.79 Å². The van der Waals surface area contributed by atoms with Gasteiger partial charge in [-0.1, -0.05) is 29.0 Å². The third-order valence-electron chi connectivity index (χ3n) is 5.42. The fraction of sp³-hybridized carbons (Fsp3) is 0.391. The zero-order valence-electron chi connectivity index (χ0n) is 18.3. The van der Waals surface area contributed by atoms with E-state index >= 15 is 0 Å². The van der Waals surface area contributed by atoms with E-state index in [4.69, 9.17) is 21.3 Å². The first-order valence-corrected chi connectivity index (χ1v) is 11.7. The normalized spacial score (nSPS) is 14.2. The van der Waals surface area contributed by atoms with Crippen molar-refractivity contribution < 1.29 is 9.53 Å². The number of anilines is 2. The van der Waals surface area contributed by atoms with Crippen LogP contribution in [0.1, 0.15) is 16.8 Å². The quantitative estimate of drug-likeness (QED) is 0.471. The number of morpholine rings is 1. The van der Waals surface area contributed by atoms with Gasteiger partial charge >= 0.3 is 0 Å². The van der Waals surface area contributed by atoms with Gasteiger partial charge in [0, 0.05) is 51.5 Å². The second-order valence-electron chi connectivity index (χ2n) is 7.79. The summed E-state index contributed by atoms with van der Waals surface area (Å²) in [5.41, 5.74) is 2.46. The van der Waals surface area contributed by atoms with Crippen LogP contribution in [0, 0.1) is 0 Å². The van der Waals surface area contributed by atoms with Gasteiger partial charge in [0.2, 0.25) is 0 Å². The molecule has 1 saturated heterocycles. The number of thiazole rings is 1. The van der Waals surface area contributed by atoms with Crippen LogP contribution < -0.4 is 9.80 Å². The van der Waals surface area contributed by atoms with Crippen LogP contribution in [0.2, 0.25) is 5.02 Å². The van der Waals surface area contributed by atoms with Gasteiger partial charge in [-0.3, -0.25) is 14.6 Å². The molecule has 1 amide bonds. The van der Waals surface area contributed by atoms with Crippen LogP contribution in [0.25, 0.3) is 10.2 Å². The zero-order valence-corrected chi connectivity index (χ0v) is 20.7. The highest BCUT2D eigenvalue weighted by molar-refractivity contribution is 7.22. The number of aromatic nitrogens is 1. The van der Waals surface area contributed by atoms with Crippen molar-refractivity contribution in [1.82, 2.24) is 9.88 Å². The van der Waals surface area contributed by atoms with Crippen molar-refractivity contribution in [2.24, 2.45) is 0 Å². The van der Waals surface area contributed by atoms with Gasteiger partial charge in [0.25, 0.3) is 5.91 Å². The molecule has 0 bridgehead atoms. The molecule has 3 aromatic rings. The molecule has 9 heteroatoms. The molecule has 2 heterocycles. The van der Waals surface area contributed by atoms with E-state index in [0.29, 0.717) is 22.3 Å². The van der Waals surface area contributed by atoms with E-state index in [1.807, 2.05) is 61.5 Å². The monoisotopic (exact) mass is 494 g/mol. The van der Waals surface area contributed by atoms with Gasteiger partial charge in [-0.2, -0.15) is 0 Å². The Morgan fingerprint density at radius 1 is 1.16 bits per heavy atom. The highest BCUT2D eigenvalue weighted by Gasteiger charge is 2.22. The predicted molar refractivity (Wildman–Crippen MR) is 136 cm³/mol. The number of hydrogen-bond acceptors (Lipinski definition) is 6. The van der Waals surface area contributed by atoms with Crippen LogP contribution in [0.15, 0.2) is 42.5 Å². The van der Waals surface area contributed by atoms with Crippen LogP contribution >= 0.6 is 35.3 Å². The van der Waals surface area contributed by atoms with Crippen LogP contribution in [0.5, 0.6) is 0 Å². The first kappa shape index (κ1) is 24.7. The number of hydrogen-bond donors (Lipinski definition) is 0. The maximum absolute atomic E-state index is 13.5. The lowest BCUT2D eigenvalue weighted by atomic mass is 10.1. The Kier molecular flexibility index (Phi) is 8.73. The van der Waals surface area contributed by atoms with E-state index in [1.54, 1.807) is 4.90 Å².